The van der Waals surface area contributed by atoms with Crippen LogP contribution >= 0.6 is 12.2 Å². The number of hydrogen-bond donors (Lipinski definition) is 3. The maximum Gasteiger partial charge on any atom is 0.180 e. The molecule has 1 aliphatic heterocycles. The highest BCUT2D eigenvalue weighted by Crippen LogP contribution is 2.15. The highest BCUT2D eigenvalue weighted by Gasteiger charge is 2.22. The zero-order chi connectivity index (χ0) is 8.97. The second-order valence-corrected chi connectivity index (χ2v) is 3.44. The molecular weight excluding hydrogens is 174 g/mol. The molecule has 1 fully saturated rings. The molecule has 0 bridgehead atoms. The summed E-state index contributed by atoms with van der Waals surface area (Å²) < 4.78 is 5.26. The van der Waals surface area contributed by atoms with Gasteiger partial charge in [-0.15, -0.1) is 0 Å². The Labute approximate surface area is 77.8 Å². The number of nitrogens with one attached hydrogen (secondary N) is 2. The second kappa shape index (κ2) is 4.59. The van der Waals surface area contributed by atoms with Crippen LogP contribution in [0.5, 0.6) is 0 Å². The second-order valence-electron chi connectivity index (χ2n) is 3.03. The molecule has 1 rings (SSSR count). The van der Waals surface area contributed by atoms with Crippen LogP contribution in [-0.2, 0) is 4.74 Å². The van der Waals surface area contributed by atoms with Crippen LogP contribution in [0.1, 0.15) is 13.3 Å². The van der Waals surface area contributed by atoms with Gasteiger partial charge in [0.1, 0.15) is 0 Å². The third-order valence-corrected chi connectivity index (χ3v) is 2.40. The van der Waals surface area contributed by atoms with Gasteiger partial charge in [0.05, 0.1) is 6.61 Å². The van der Waals surface area contributed by atoms with Crippen molar-refractivity contribution in [2.24, 2.45) is 11.8 Å². The molecule has 0 saturated carbocycles. The fourth-order valence-electron chi connectivity index (χ4n) is 1.31. The van der Waals surface area contributed by atoms with Gasteiger partial charge in [-0.3, -0.25) is 0 Å². The molecule has 1 aliphatic rings. The van der Waals surface area contributed by atoms with Gasteiger partial charge in [0.15, 0.2) is 5.11 Å². The van der Waals surface area contributed by atoms with Gasteiger partial charge < -0.3 is 15.5 Å². The zero-order valence-corrected chi connectivity index (χ0v) is 7.99. The van der Waals surface area contributed by atoms with Crippen molar-refractivity contribution < 1.29 is 4.74 Å². The highest BCUT2D eigenvalue weighted by atomic mass is 32.1. The first kappa shape index (κ1) is 9.70. The fraction of sp³-hybridized carbons (Fsp3) is 0.857. The van der Waals surface area contributed by atoms with Crippen LogP contribution < -0.4 is 16.6 Å². The Bertz CT molecular complexity index is 159. The van der Waals surface area contributed by atoms with Gasteiger partial charge in [0, 0.05) is 18.6 Å². The Morgan fingerprint density at radius 2 is 2.50 bits per heavy atom. The van der Waals surface area contributed by atoms with Crippen LogP contribution in [0.15, 0.2) is 0 Å². The van der Waals surface area contributed by atoms with E-state index in [1.807, 2.05) is 0 Å². The van der Waals surface area contributed by atoms with Crippen molar-refractivity contribution in [1.82, 2.24) is 10.7 Å². The van der Waals surface area contributed by atoms with E-state index in [9.17, 15) is 0 Å². The minimum Gasteiger partial charge on any atom is -0.381 e. The van der Waals surface area contributed by atoms with Crippen molar-refractivity contribution in [3.8, 4) is 0 Å². The SMILES string of the molecule is CC(NC(=S)NN)C1CCOC1. The van der Waals surface area contributed by atoms with Gasteiger partial charge >= 0.3 is 0 Å². The average molecular weight is 189 g/mol. The number of rotatable bonds is 2. The summed E-state index contributed by atoms with van der Waals surface area (Å²) in [6, 6.07) is 0.330. The van der Waals surface area contributed by atoms with Gasteiger partial charge in [-0.05, 0) is 25.6 Å². The summed E-state index contributed by atoms with van der Waals surface area (Å²) in [5, 5.41) is 3.58. The van der Waals surface area contributed by atoms with Crippen molar-refractivity contribution in [2.75, 3.05) is 13.2 Å². The van der Waals surface area contributed by atoms with Crippen LogP contribution in [0.2, 0.25) is 0 Å². The summed E-state index contributed by atoms with van der Waals surface area (Å²) in [6.45, 7) is 3.77. The molecule has 0 aromatic carbocycles. The number of thiocarbonyl (C=S) groups is 1. The van der Waals surface area contributed by atoms with E-state index in [1.54, 1.807) is 0 Å². The number of nitrogens with two attached hydrogens (primary N) is 1. The summed E-state index contributed by atoms with van der Waals surface area (Å²) in [5.74, 6) is 5.69. The summed E-state index contributed by atoms with van der Waals surface area (Å²) in [5.41, 5.74) is 2.40. The van der Waals surface area contributed by atoms with E-state index in [0.717, 1.165) is 19.6 Å². The first-order valence-corrected chi connectivity index (χ1v) is 4.49. The standard InChI is InChI=1S/C7H15N3OS/c1-5(9-7(12)10-8)6-2-3-11-4-6/h5-6H,2-4,8H2,1H3,(H2,9,10,12). The van der Waals surface area contributed by atoms with E-state index in [2.05, 4.69) is 17.7 Å². The van der Waals surface area contributed by atoms with E-state index in [1.165, 1.54) is 0 Å². The third-order valence-electron chi connectivity index (χ3n) is 2.16. The monoisotopic (exact) mass is 189 g/mol. The van der Waals surface area contributed by atoms with E-state index >= 15 is 0 Å². The summed E-state index contributed by atoms with van der Waals surface area (Å²) in [6.07, 6.45) is 1.10. The van der Waals surface area contributed by atoms with E-state index < -0.39 is 0 Å². The van der Waals surface area contributed by atoms with Crippen molar-refractivity contribution in [1.29, 1.82) is 0 Å². The van der Waals surface area contributed by atoms with Gasteiger partial charge in [0.25, 0.3) is 0 Å². The Hall–Kier alpha value is -0.390. The summed E-state index contributed by atoms with van der Waals surface area (Å²) in [4.78, 5) is 0. The van der Waals surface area contributed by atoms with Crippen LogP contribution in [0.4, 0.5) is 0 Å². The maximum atomic E-state index is 5.26. The van der Waals surface area contributed by atoms with Gasteiger partial charge in [-0.2, -0.15) is 0 Å². The summed E-state index contributed by atoms with van der Waals surface area (Å²) in [7, 11) is 0. The van der Waals surface area contributed by atoms with Crippen LogP contribution in [0.25, 0.3) is 0 Å². The lowest BCUT2D eigenvalue weighted by atomic mass is 10.0. The Balaban J connectivity index is 2.26. The normalized spacial score (nSPS) is 25.0. The third kappa shape index (κ3) is 2.58. The Kier molecular flexibility index (Phi) is 3.71. The molecule has 0 amide bonds. The van der Waals surface area contributed by atoms with Crippen molar-refractivity contribution in [3.05, 3.63) is 0 Å². The molecule has 0 aromatic rings. The molecule has 0 radical (unpaired) electrons. The predicted molar refractivity (Wildman–Crippen MR) is 51.4 cm³/mol. The van der Waals surface area contributed by atoms with Gasteiger partial charge in [-0.1, -0.05) is 0 Å². The number of hydrogen-bond acceptors (Lipinski definition) is 3. The first-order valence-electron chi connectivity index (χ1n) is 4.09. The molecule has 0 aromatic heterocycles. The highest BCUT2D eigenvalue weighted by molar-refractivity contribution is 7.80. The Morgan fingerprint density at radius 3 is 3.00 bits per heavy atom. The minimum atomic E-state index is 0.330. The van der Waals surface area contributed by atoms with E-state index in [0.29, 0.717) is 17.1 Å². The lowest BCUT2D eigenvalue weighted by Crippen LogP contribution is -2.46. The van der Waals surface area contributed by atoms with Crippen LogP contribution in [0.3, 0.4) is 0 Å². The maximum absolute atomic E-state index is 5.26. The molecule has 0 spiro atoms. The van der Waals surface area contributed by atoms with Gasteiger partial charge in [0.2, 0.25) is 0 Å². The van der Waals surface area contributed by atoms with Crippen molar-refractivity contribution in [3.63, 3.8) is 0 Å². The quantitative estimate of drug-likeness (QED) is 0.318. The molecular formula is C7H15N3OS. The van der Waals surface area contributed by atoms with Crippen molar-refractivity contribution >= 4 is 17.3 Å². The largest absolute Gasteiger partial charge is 0.381 e. The molecule has 12 heavy (non-hydrogen) atoms. The van der Waals surface area contributed by atoms with Crippen LogP contribution in [-0.4, -0.2) is 24.4 Å². The average Bonchev–Trinajstić information content (AvgIpc) is 2.56. The molecule has 70 valence electrons. The molecule has 2 unspecified atom stereocenters. The molecule has 1 saturated heterocycles. The van der Waals surface area contributed by atoms with Gasteiger partial charge in [-0.25, -0.2) is 5.84 Å². The fourth-order valence-corrected chi connectivity index (χ4v) is 1.50. The number of hydrazine groups is 1. The first-order chi connectivity index (χ1) is 5.74. The van der Waals surface area contributed by atoms with Crippen molar-refractivity contribution in [2.45, 2.75) is 19.4 Å². The molecule has 0 aliphatic carbocycles. The zero-order valence-electron chi connectivity index (χ0n) is 7.17. The lowest BCUT2D eigenvalue weighted by molar-refractivity contribution is 0.180. The molecule has 1 heterocycles. The van der Waals surface area contributed by atoms with Crippen LogP contribution in [0, 0.1) is 5.92 Å². The molecule has 5 heteroatoms. The lowest BCUT2D eigenvalue weighted by Gasteiger charge is -2.20. The summed E-state index contributed by atoms with van der Waals surface area (Å²) >= 11 is 4.88. The minimum absolute atomic E-state index is 0.330. The molecule has 4 N–H and O–H groups in total. The van der Waals surface area contributed by atoms with E-state index in [4.69, 9.17) is 22.8 Å². The topological polar surface area (TPSA) is 59.3 Å². The number of ether oxygens (including phenoxy) is 1. The smallest absolute Gasteiger partial charge is 0.180 e. The molecule has 4 nitrogen and oxygen atoms in total. The van der Waals surface area contributed by atoms with E-state index in [-0.39, 0.29) is 0 Å². The predicted octanol–water partition coefficient (Wildman–Crippen LogP) is -0.251. The molecule has 2 atom stereocenters. The Morgan fingerprint density at radius 1 is 1.75 bits per heavy atom.